The van der Waals surface area contributed by atoms with E-state index in [1.165, 1.54) is 11.1 Å². The minimum Gasteiger partial charge on any atom is -0.381 e. The lowest BCUT2D eigenvalue weighted by atomic mass is 10.1. The van der Waals surface area contributed by atoms with Crippen LogP contribution in [0.15, 0.2) is 24.3 Å². The molecule has 1 fully saturated rings. The van der Waals surface area contributed by atoms with Gasteiger partial charge < -0.3 is 14.8 Å². The van der Waals surface area contributed by atoms with Crippen LogP contribution in [0.2, 0.25) is 0 Å². The summed E-state index contributed by atoms with van der Waals surface area (Å²) in [6, 6.07) is 8.70. The third-order valence-corrected chi connectivity index (χ3v) is 3.50. The maximum absolute atomic E-state index is 5.93. The van der Waals surface area contributed by atoms with Crippen molar-refractivity contribution in [3.8, 4) is 0 Å². The standard InChI is InChI=1S/C17H27NO2/c1-17(2,3)18-12-14-4-6-15(7-5-14)13-20-16-8-10-19-11-9-16/h4-7,16,18H,8-13H2,1-3H3. The van der Waals surface area contributed by atoms with Crippen LogP contribution in [0.1, 0.15) is 44.7 Å². The Labute approximate surface area is 122 Å². The van der Waals surface area contributed by atoms with Gasteiger partial charge in [-0.05, 0) is 44.7 Å². The van der Waals surface area contributed by atoms with Crippen LogP contribution in [-0.2, 0) is 22.6 Å². The highest BCUT2D eigenvalue weighted by Crippen LogP contribution is 2.14. The first-order valence-corrected chi connectivity index (χ1v) is 7.55. The number of benzene rings is 1. The van der Waals surface area contributed by atoms with Crippen LogP contribution < -0.4 is 5.32 Å². The number of ether oxygens (including phenoxy) is 2. The highest BCUT2D eigenvalue weighted by atomic mass is 16.5. The molecule has 3 nitrogen and oxygen atoms in total. The van der Waals surface area contributed by atoms with Gasteiger partial charge in [0.05, 0.1) is 12.7 Å². The predicted molar refractivity (Wildman–Crippen MR) is 81.7 cm³/mol. The molecule has 1 aromatic carbocycles. The van der Waals surface area contributed by atoms with E-state index in [4.69, 9.17) is 9.47 Å². The van der Waals surface area contributed by atoms with Crippen LogP contribution in [-0.4, -0.2) is 24.9 Å². The Kier molecular flexibility index (Phi) is 5.58. The number of hydrogen-bond donors (Lipinski definition) is 1. The van der Waals surface area contributed by atoms with Gasteiger partial charge in [0.1, 0.15) is 0 Å². The van der Waals surface area contributed by atoms with Crippen LogP contribution in [0.4, 0.5) is 0 Å². The van der Waals surface area contributed by atoms with Gasteiger partial charge >= 0.3 is 0 Å². The highest BCUT2D eigenvalue weighted by Gasteiger charge is 2.14. The first-order valence-electron chi connectivity index (χ1n) is 7.55. The molecule has 0 spiro atoms. The molecule has 1 aromatic rings. The van der Waals surface area contributed by atoms with E-state index in [0.29, 0.717) is 12.7 Å². The zero-order valence-corrected chi connectivity index (χ0v) is 12.9. The van der Waals surface area contributed by atoms with Crippen LogP contribution in [0, 0.1) is 0 Å². The minimum atomic E-state index is 0.158. The number of nitrogens with one attached hydrogen (secondary N) is 1. The molecule has 1 saturated heterocycles. The molecule has 0 unspecified atom stereocenters. The van der Waals surface area contributed by atoms with Crippen LogP contribution in [0.25, 0.3) is 0 Å². The van der Waals surface area contributed by atoms with Gasteiger partial charge in [0.25, 0.3) is 0 Å². The second-order valence-corrected chi connectivity index (χ2v) is 6.54. The molecular weight excluding hydrogens is 250 g/mol. The monoisotopic (exact) mass is 277 g/mol. The van der Waals surface area contributed by atoms with Crippen molar-refractivity contribution in [1.82, 2.24) is 5.32 Å². The molecule has 1 aliphatic heterocycles. The van der Waals surface area contributed by atoms with Crippen molar-refractivity contribution in [2.24, 2.45) is 0 Å². The van der Waals surface area contributed by atoms with E-state index in [2.05, 4.69) is 50.4 Å². The Bertz CT molecular complexity index is 388. The van der Waals surface area contributed by atoms with E-state index < -0.39 is 0 Å². The molecule has 0 radical (unpaired) electrons. The van der Waals surface area contributed by atoms with Gasteiger partial charge in [-0.25, -0.2) is 0 Å². The summed E-state index contributed by atoms with van der Waals surface area (Å²) in [6.45, 7) is 9.84. The molecule has 1 aliphatic rings. The third kappa shape index (κ3) is 5.61. The summed E-state index contributed by atoms with van der Waals surface area (Å²) in [6.07, 6.45) is 2.41. The summed E-state index contributed by atoms with van der Waals surface area (Å²) in [5, 5.41) is 3.50. The largest absolute Gasteiger partial charge is 0.381 e. The van der Waals surface area contributed by atoms with Gasteiger partial charge in [-0.2, -0.15) is 0 Å². The maximum atomic E-state index is 5.93. The van der Waals surface area contributed by atoms with E-state index >= 15 is 0 Å². The lowest BCUT2D eigenvalue weighted by molar-refractivity contribution is -0.0390. The van der Waals surface area contributed by atoms with Crippen molar-refractivity contribution in [3.63, 3.8) is 0 Å². The Morgan fingerprint density at radius 1 is 1.10 bits per heavy atom. The van der Waals surface area contributed by atoms with Gasteiger partial charge in [0, 0.05) is 25.3 Å². The normalized spacial score (nSPS) is 17.4. The Hall–Kier alpha value is -0.900. The first-order chi connectivity index (χ1) is 9.53. The fourth-order valence-corrected chi connectivity index (χ4v) is 2.18. The quantitative estimate of drug-likeness (QED) is 0.896. The molecule has 3 heteroatoms. The second kappa shape index (κ2) is 7.21. The summed E-state index contributed by atoms with van der Waals surface area (Å²) < 4.78 is 11.3. The number of rotatable bonds is 5. The summed E-state index contributed by atoms with van der Waals surface area (Å²) in [7, 11) is 0. The Balaban J connectivity index is 1.76. The fraction of sp³-hybridized carbons (Fsp3) is 0.647. The van der Waals surface area contributed by atoms with Gasteiger partial charge in [-0.3, -0.25) is 0 Å². The maximum Gasteiger partial charge on any atom is 0.0720 e. The Morgan fingerprint density at radius 2 is 1.70 bits per heavy atom. The summed E-state index contributed by atoms with van der Waals surface area (Å²) in [4.78, 5) is 0. The van der Waals surface area contributed by atoms with E-state index in [1.807, 2.05) is 0 Å². The molecule has 1 N–H and O–H groups in total. The average Bonchev–Trinajstić information content (AvgIpc) is 2.44. The lowest BCUT2D eigenvalue weighted by Crippen LogP contribution is -2.35. The SMILES string of the molecule is CC(C)(C)NCc1ccc(COC2CCOCC2)cc1. The van der Waals surface area contributed by atoms with Crippen molar-refractivity contribution in [2.75, 3.05) is 13.2 Å². The lowest BCUT2D eigenvalue weighted by Gasteiger charge is -2.22. The molecule has 0 atom stereocenters. The molecule has 1 heterocycles. The van der Waals surface area contributed by atoms with Crippen LogP contribution in [0.3, 0.4) is 0 Å². The van der Waals surface area contributed by atoms with Crippen molar-refractivity contribution in [1.29, 1.82) is 0 Å². The fourth-order valence-electron chi connectivity index (χ4n) is 2.18. The smallest absolute Gasteiger partial charge is 0.0720 e. The van der Waals surface area contributed by atoms with Gasteiger partial charge in [0.2, 0.25) is 0 Å². The summed E-state index contributed by atoms with van der Waals surface area (Å²) in [5.41, 5.74) is 2.72. The third-order valence-electron chi connectivity index (χ3n) is 3.50. The molecule has 0 saturated carbocycles. The van der Waals surface area contributed by atoms with Crippen molar-refractivity contribution in [2.45, 2.75) is 58.4 Å². The molecule has 20 heavy (non-hydrogen) atoms. The van der Waals surface area contributed by atoms with Gasteiger partial charge in [0.15, 0.2) is 0 Å². The van der Waals surface area contributed by atoms with E-state index in [0.717, 1.165) is 32.6 Å². The van der Waals surface area contributed by atoms with E-state index in [9.17, 15) is 0 Å². The van der Waals surface area contributed by atoms with Crippen molar-refractivity contribution < 1.29 is 9.47 Å². The van der Waals surface area contributed by atoms with Gasteiger partial charge in [-0.1, -0.05) is 24.3 Å². The second-order valence-electron chi connectivity index (χ2n) is 6.54. The zero-order chi connectivity index (χ0) is 14.4. The molecule has 0 bridgehead atoms. The molecule has 0 amide bonds. The molecule has 0 aliphatic carbocycles. The summed E-state index contributed by atoms with van der Waals surface area (Å²) in [5.74, 6) is 0. The Morgan fingerprint density at radius 3 is 2.30 bits per heavy atom. The summed E-state index contributed by atoms with van der Waals surface area (Å²) >= 11 is 0. The molecule has 2 rings (SSSR count). The minimum absolute atomic E-state index is 0.158. The molecular formula is C17H27NO2. The predicted octanol–water partition coefficient (Wildman–Crippen LogP) is 3.27. The van der Waals surface area contributed by atoms with Gasteiger partial charge in [-0.15, -0.1) is 0 Å². The zero-order valence-electron chi connectivity index (χ0n) is 12.9. The van der Waals surface area contributed by atoms with Crippen LogP contribution in [0.5, 0.6) is 0 Å². The number of hydrogen-bond acceptors (Lipinski definition) is 3. The topological polar surface area (TPSA) is 30.5 Å². The average molecular weight is 277 g/mol. The van der Waals surface area contributed by atoms with E-state index in [-0.39, 0.29) is 5.54 Å². The highest BCUT2D eigenvalue weighted by molar-refractivity contribution is 5.22. The van der Waals surface area contributed by atoms with Crippen molar-refractivity contribution >= 4 is 0 Å². The van der Waals surface area contributed by atoms with Crippen LogP contribution >= 0.6 is 0 Å². The van der Waals surface area contributed by atoms with Crippen molar-refractivity contribution in [3.05, 3.63) is 35.4 Å². The van der Waals surface area contributed by atoms with E-state index in [1.54, 1.807) is 0 Å². The first kappa shape index (κ1) is 15.5. The molecule has 0 aromatic heterocycles. The molecule has 112 valence electrons.